The first-order valence-corrected chi connectivity index (χ1v) is 14.2. The lowest BCUT2D eigenvalue weighted by Crippen LogP contribution is -2.41. The molecule has 0 spiro atoms. The summed E-state index contributed by atoms with van der Waals surface area (Å²) in [5.74, 6) is -0.785. The van der Waals surface area contributed by atoms with Crippen LogP contribution >= 0.6 is 11.3 Å². The summed E-state index contributed by atoms with van der Waals surface area (Å²) in [5, 5.41) is 10.2. The second kappa shape index (κ2) is 10.8. The molecule has 2 aliphatic heterocycles. The van der Waals surface area contributed by atoms with Crippen molar-refractivity contribution >= 4 is 34.5 Å². The quantitative estimate of drug-likeness (QED) is 0.350. The molecule has 0 saturated heterocycles. The minimum atomic E-state index is -0.920. The molecular formula is C32H27N3O6S. The third-order valence-corrected chi connectivity index (χ3v) is 8.40. The number of aromatic nitrogens is 1. The zero-order valence-electron chi connectivity index (χ0n) is 23.2. The molecule has 0 radical (unpaired) electrons. The Bertz CT molecular complexity index is 1960. The maximum absolute atomic E-state index is 14.3. The van der Waals surface area contributed by atoms with Gasteiger partial charge in [0.2, 0.25) is 0 Å². The molecular weight excluding hydrogens is 554 g/mol. The summed E-state index contributed by atoms with van der Waals surface area (Å²) in [6, 6.07) is 20.8. The van der Waals surface area contributed by atoms with E-state index in [9.17, 15) is 19.5 Å². The van der Waals surface area contributed by atoms with Gasteiger partial charge < -0.3 is 19.5 Å². The van der Waals surface area contributed by atoms with Crippen molar-refractivity contribution in [2.75, 3.05) is 18.6 Å². The Hall–Kier alpha value is -4.96. The number of para-hydroxylation sites is 1. The van der Waals surface area contributed by atoms with Gasteiger partial charge in [-0.05, 0) is 43.2 Å². The number of esters is 1. The predicted octanol–water partition coefficient (Wildman–Crippen LogP) is 3.43. The van der Waals surface area contributed by atoms with Gasteiger partial charge in [0.05, 0.1) is 48.8 Å². The van der Waals surface area contributed by atoms with Gasteiger partial charge in [0.25, 0.3) is 11.5 Å². The normalized spacial score (nSPS) is 17.1. The SMILES string of the molecule is CCOC(=O)C1=C(C)N=c2s/c(=C3/C(=O)N(Cc4ccccc4)c4ccccc43)c(=O)n2[C@@H]1c1ccc(O)c(OC)c1. The fourth-order valence-corrected chi connectivity index (χ4v) is 6.58. The molecule has 0 unspecified atom stereocenters. The number of ether oxygens (including phenoxy) is 2. The van der Waals surface area contributed by atoms with E-state index in [-0.39, 0.29) is 34.1 Å². The first kappa shape index (κ1) is 27.2. The topological polar surface area (TPSA) is 110 Å². The van der Waals surface area contributed by atoms with Crippen LogP contribution in [0.1, 0.15) is 36.6 Å². The lowest BCUT2D eigenvalue weighted by molar-refractivity contribution is -0.139. The molecule has 0 saturated carbocycles. The van der Waals surface area contributed by atoms with Crippen molar-refractivity contribution in [3.05, 3.63) is 120 Å². The number of amides is 1. The van der Waals surface area contributed by atoms with Crippen LogP contribution in [0.3, 0.4) is 0 Å². The molecule has 3 heterocycles. The summed E-state index contributed by atoms with van der Waals surface area (Å²) in [7, 11) is 1.42. The highest BCUT2D eigenvalue weighted by Crippen LogP contribution is 2.38. The minimum Gasteiger partial charge on any atom is -0.504 e. The van der Waals surface area contributed by atoms with Gasteiger partial charge >= 0.3 is 5.97 Å². The Labute approximate surface area is 244 Å². The van der Waals surface area contributed by atoms with Gasteiger partial charge in [-0.15, -0.1) is 0 Å². The van der Waals surface area contributed by atoms with Crippen molar-refractivity contribution in [1.29, 1.82) is 0 Å². The van der Waals surface area contributed by atoms with Crippen molar-refractivity contribution < 1.29 is 24.2 Å². The fourth-order valence-electron chi connectivity index (χ4n) is 5.44. The van der Waals surface area contributed by atoms with Crippen molar-refractivity contribution in [1.82, 2.24) is 4.57 Å². The lowest BCUT2D eigenvalue weighted by Gasteiger charge is -2.25. The summed E-state index contributed by atoms with van der Waals surface area (Å²) < 4.78 is 12.3. The number of rotatable bonds is 6. The average molecular weight is 582 g/mol. The highest BCUT2D eigenvalue weighted by atomic mass is 32.1. The molecule has 42 heavy (non-hydrogen) atoms. The van der Waals surface area contributed by atoms with Gasteiger partial charge in [0, 0.05) is 5.56 Å². The van der Waals surface area contributed by atoms with Crippen LogP contribution in [-0.2, 0) is 20.9 Å². The number of carbonyl (C=O) groups is 2. The summed E-state index contributed by atoms with van der Waals surface area (Å²) in [6.45, 7) is 3.88. The molecule has 2 aliphatic rings. The Morgan fingerprint density at radius 3 is 2.52 bits per heavy atom. The molecule has 0 aliphatic carbocycles. The standard InChI is InChI=1S/C32H27N3O6S/c1-4-41-31(39)25-18(2)33-32-35(27(25)20-14-15-23(36)24(16-20)40-3)30(38)28(42-32)26-21-12-8-9-13-22(21)34(29(26)37)17-19-10-6-5-7-11-19/h5-16,27,36H,4,17H2,1-3H3/b28-26+/t27-/m1/s1. The van der Waals surface area contributed by atoms with Gasteiger partial charge in [-0.25, -0.2) is 9.79 Å². The molecule has 4 aromatic rings. The largest absolute Gasteiger partial charge is 0.504 e. The van der Waals surface area contributed by atoms with Crippen LogP contribution in [-0.4, -0.2) is 35.3 Å². The monoisotopic (exact) mass is 581 g/mol. The van der Waals surface area contributed by atoms with E-state index >= 15 is 0 Å². The fraction of sp³-hybridized carbons (Fsp3) is 0.188. The van der Waals surface area contributed by atoms with E-state index in [0.717, 1.165) is 22.6 Å². The maximum atomic E-state index is 14.3. The summed E-state index contributed by atoms with van der Waals surface area (Å²) in [5.41, 5.74) is 3.28. The van der Waals surface area contributed by atoms with Crippen molar-refractivity contribution in [3.63, 3.8) is 0 Å². The van der Waals surface area contributed by atoms with Crippen LogP contribution in [0.15, 0.2) is 93.9 Å². The summed E-state index contributed by atoms with van der Waals surface area (Å²) in [6.07, 6.45) is 0. The molecule has 3 aromatic carbocycles. The third kappa shape index (κ3) is 4.40. The molecule has 0 bridgehead atoms. The Kier molecular flexibility index (Phi) is 6.99. The van der Waals surface area contributed by atoms with Crippen LogP contribution in [0, 0.1) is 0 Å². The number of aromatic hydroxyl groups is 1. The number of hydrogen-bond acceptors (Lipinski definition) is 8. The van der Waals surface area contributed by atoms with E-state index in [0.29, 0.717) is 33.7 Å². The van der Waals surface area contributed by atoms with E-state index in [2.05, 4.69) is 4.99 Å². The molecule has 1 aromatic heterocycles. The van der Waals surface area contributed by atoms with Gasteiger partial charge in [-0.3, -0.25) is 14.2 Å². The number of thiazole rings is 1. The first-order valence-electron chi connectivity index (χ1n) is 13.4. The number of nitrogens with zero attached hydrogens (tertiary/aromatic N) is 3. The average Bonchev–Trinajstić information content (AvgIpc) is 3.45. The van der Waals surface area contributed by atoms with E-state index < -0.39 is 17.6 Å². The number of fused-ring (bicyclic) bond motifs is 2. The first-order chi connectivity index (χ1) is 20.3. The Morgan fingerprint density at radius 1 is 1.05 bits per heavy atom. The molecule has 1 atom stereocenters. The van der Waals surface area contributed by atoms with E-state index in [1.807, 2.05) is 54.6 Å². The molecule has 10 heteroatoms. The van der Waals surface area contributed by atoms with Gasteiger partial charge in [0.15, 0.2) is 16.3 Å². The van der Waals surface area contributed by atoms with Crippen LogP contribution in [0.5, 0.6) is 11.5 Å². The summed E-state index contributed by atoms with van der Waals surface area (Å²) >= 11 is 1.11. The second-order valence-electron chi connectivity index (χ2n) is 9.82. The minimum absolute atomic E-state index is 0.0825. The highest BCUT2D eigenvalue weighted by molar-refractivity contribution is 7.07. The number of methoxy groups -OCH3 is 1. The van der Waals surface area contributed by atoms with E-state index in [1.54, 1.807) is 30.9 Å². The number of anilines is 1. The van der Waals surface area contributed by atoms with Crippen LogP contribution in [0.25, 0.3) is 5.57 Å². The summed E-state index contributed by atoms with van der Waals surface area (Å²) in [4.78, 5) is 48.2. The van der Waals surface area contributed by atoms with Crippen molar-refractivity contribution in [3.8, 4) is 11.5 Å². The number of hydrogen-bond donors (Lipinski definition) is 1. The maximum Gasteiger partial charge on any atom is 0.338 e. The highest BCUT2D eigenvalue weighted by Gasteiger charge is 2.37. The Balaban J connectivity index is 1.59. The second-order valence-corrected chi connectivity index (χ2v) is 10.8. The molecule has 212 valence electrons. The molecule has 0 fully saturated rings. The third-order valence-electron chi connectivity index (χ3n) is 7.35. The zero-order valence-corrected chi connectivity index (χ0v) is 24.0. The van der Waals surface area contributed by atoms with E-state index in [1.165, 1.54) is 17.7 Å². The van der Waals surface area contributed by atoms with Crippen molar-refractivity contribution in [2.45, 2.75) is 26.4 Å². The van der Waals surface area contributed by atoms with Crippen molar-refractivity contribution in [2.24, 2.45) is 4.99 Å². The smallest absolute Gasteiger partial charge is 0.338 e. The van der Waals surface area contributed by atoms with E-state index in [4.69, 9.17) is 9.47 Å². The number of carbonyl (C=O) groups excluding carboxylic acids is 2. The van der Waals surface area contributed by atoms with Gasteiger partial charge in [-0.2, -0.15) is 0 Å². The lowest BCUT2D eigenvalue weighted by atomic mass is 9.95. The van der Waals surface area contributed by atoms with Crippen LogP contribution in [0.2, 0.25) is 0 Å². The van der Waals surface area contributed by atoms with Gasteiger partial charge in [-0.1, -0.05) is 65.9 Å². The molecule has 1 amide bonds. The number of allylic oxidation sites excluding steroid dienone is 1. The predicted molar refractivity (Wildman–Crippen MR) is 158 cm³/mol. The Morgan fingerprint density at radius 2 is 1.79 bits per heavy atom. The number of phenolic OH excluding ortho intramolecular Hbond substituents is 1. The van der Waals surface area contributed by atoms with Crippen LogP contribution < -0.4 is 24.5 Å². The van der Waals surface area contributed by atoms with Crippen LogP contribution in [0.4, 0.5) is 5.69 Å². The zero-order chi connectivity index (χ0) is 29.5. The van der Waals surface area contributed by atoms with Gasteiger partial charge in [0.1, 0.15) is 4.53 Å². The molecule has 9 nitrogen and oxygen atoms in total. The molecule has 1 N–H and O–H groups in total. The number of phenols is 1. The molecule has 6 rings (SSSR count). The number of benzene rings is 3.